The van der Waals surface area contributed by atoms with Crippen molar-refractivity contribution in [1.29, 1.82) is 0 Å². The number of rotatable bonds is 3. The molecule has 0 saturated carbocycles. The molecule has 2 aliphatic rings. The molecule has 2 heterocycles. The van der Waals surface area contributed by atoms with Crippen molar-refractivity contribution in [3.63, 3.8) is 0 Å². The Kier molecular flexibility index (Phi) is 4.58. The maximum atomic E-state index is 12.6. The molecule has 1 atom stereocenters. The fourth-order valence-electron chi connectivity index (χ4n) is 3.67. The number of nitrogens with zero attached hydrogens (tertiary/aromatic N) is 2. The maximum Gasteiger partial charge on any atom is 0.230 e. The van der Waals surface area contributed by atoms with Crippen LogP contribution in [0.3, 0.4) is 0 Å². The highest BCUT2D eigenvalue weighted by molar-refractivity contribution is 7.88. The van der Waals surface area contributed by atoms with Crippen LogP contribution in [-0.2, 0) is 27.7 Å². The minimum atomic E-state index is -3.26. The highest BCUT2D eigenvalue weighted by atomic mass is 32.2. The van der Waals surface area contributed by atoms with Crippen molar-refractivity contribution >= 4 is 32.4 Å². The van der Waals surface area contributed by atoms with Gasteiger partial charge in [0, 0.05) is 23.5 Å². The summed E-state index contributed by atoms with van der Waals surface area (Å²) < 4.78 is 24.9. The molecule has 0 radical (unpaired) electrons. The fraction of sp³-hybridized carbons (Fsp3) is 0.444. The molecule has 1 aliphatic heterocycles. The molecule has 26 heavy (non-hydrogen) atoms. The van der Waals surface area contributed by atoms with E-state index in [9.17, 15) is 13.2 Å². The predicted octanol–water partition coefficient (Wildman–Crippen LogP) is 2.52. The van der Waals surface area contributed by atoms with Crippen LogP contribution in [0, 0.1) is 5.92 Å². The first-order valence-electron chi connectivity index (χ1n) is 8.76. The molecule has 0 bridgehead atoms. The van der Waals surface area contributed by atoms with Gasteiger partial charge in [-0.05, 0) is 31.2 Å². The van der Waals surface area contributed by atoms with E-state index < -0.39 is 10.0 Å². The minimum Gasteiger partial charge on any atom is -0.302 e. The van der Waals surface area contributed by atoms with Gasteiger partial charge < -0.3 is 5.32 Å². The first kappa shape index (κ1) is 17.6. The molecule has 138 valence electrons. The van der Waals surface area contributed by atoms with Crippen LogP contribution in [0.4, 0.5) is 5.13 Å². The van der Waals surface area contributed by atoms with Crippen molar-refractivity contribution in [3.05, 3.63) is 34.7 Å². The number of fused-ring (bicyclic) bond motifs is 3. The summed E-state index contributed by atoms with van der Waals surface area (Å²) in [5, 5.41) is 3.52. The lowest BCUT2D eigenvalue weighted by Gasteiger charge is -2.29. The van der Waals surface area contributed by atoms with Crippen LogP contribution < -0.4 is 5.32 Å². The number of hydrogen-bond donors (Lipinski definition) is 1. The molecule has 1 amide bonds. The van der Waals surface area contributed by atoms with E-state index in [0.29, 0.717) is 24.5 Å². The smallest absolute Gasteiger partial charge is 0.230 e. The number of amides is 1. The lowest BCUT2D eigenvalue weighted by atomic mass is 9.94. The van der Waals surface area contributed by atoms with E-state index >= 15 is 0 Å². The van der Waals surface area contributed by atoms with Gasteiger partial charge in [-0.15, -0.1) is 11.3 Å². The average molecular weight is 392 g/mol. The molecule has 1 aromatic heterocycles. The monoisotopic (exact) mass is 391 g/mol. The minimum absolute atomic E-state index is 0.141. The van der Waals surface area contributed by atoms with Gasteiger partial charge in [-0.3, -0.25) is 4.79 Å². The highest BCUT2D eigenvalue weighted by Crippen LogP contribution is 2.38. The number of benzene rings is 1. The second-order valence-corrected chi connectivity index (χ2v) is 9.96. The summed E-state index contributed by atoms with van der Waals surface area (Å²) in [7, 11) is -3.26. The first-order valence-corrected chi connectivity index (χ1v) is 11.4. The van der Waals surface area contributed by atoms with E-state index in [1.165, 1.54) is 32.3 Å². The zero-order valence-corrected chi connectivity index (χ0v) is 16.2. The molecule has 2 aromatic rings. The molecule has 8 heteroatoms. The Morgan fingerprint density at radius 1 is 1.31 bits per heavy atom. The number of aromatic nitrogens is 1. The average Bonchev–Trinajstić information content (AvgIpc) is 3.04. The number of piperidine rings is 1. The fourth-order valence-corrected chi connectivity index (χ4v) is 5.56. The first-order chi connectivity index (χ1) is 12.4. The summed E-state index contributed by atoms with van der Waals surface area (Å²) in [6.45, 7) is 0.740. The normalized spacial score (nSPS) is 20.3. The van der Waals surface area contributed by atoms with E-state index in [4.69, 9.17) is 0 Å². The van der Waals surface area contributed by atoms with Gasteiger partial charge in [0.15, 0.2) is 5.13 Å². The van der Waals surface area contributed by atoms with Gasteiger partial charge in [0.25, 0.3) is 0 Å². The van der Waals surface area contributed by atoms with Crippen LogP contribution in [0.2, 0.25) is 0 Å². The van der Waals surface area contributed by atoms with Gasteiger partial charge in [0.1, 0.15) is 0 Å². The van der Waals surface area contributed by atoms with Gasteiger partial charge in [0.2, 0.25) is 15.9 Å². The lowest BCUT2D eigenvalue weighted by molar-refractivity contribution is -0.120. The third kappa shape index (κ3) is 3.41. The molecule has 1 N–H and O–H groups in total. The Bertz CT molecular complexity index is 952. The van der Waals surface area contributed by atoms with Crippen LogP contribution in [0.5, 0.6) is 0 Å². The van der Waals surface area contributed by atoms with E-state index in [1.807, 2.05) is 12.1 Å². The number of hydrogen-bond acceptors (Lipinski definition) is 5. The standard InChI is InChI=1S/C18H21N3O3S2/c1-26(23,24)21-10-4-6-13(11-21)17(22)20-18-19-16-14-7-3-2-5-12(14)8-9-15(16)25-18/h2-3,5,7,13H,4,6,8-11H2,1H3,(H,19,20,22)/t13-/m0/s1. The number of thiazole rings is 1. The molecule has 6 nitrogen and oxygen atoms in total. The van der Waals surface area contributed by atoms with Crippen LogP contribution in [-0.4, -0.2) is 43.0 Å². The predicted molar refractivity (Wildman–Crippen MR) is 103 cm³/mol. The summed E-state index contributed by atoms with van der Waals surface area (Å²) in [5.41, 5.74) is 3.40. The maximum absolute atomic E-state index is 12.6. The van der Waals surface area contributed by atoms with Crippen LogP contribution in [0.25, 0.3) is 11.3 Å². The molecule has 1 aromatic carbocycles. The van der Waals surface area contributed by atoms with Gasteiger partial charge in [0.05, 0.1) is 17.9 Å². The van der Waals surface area contributed by atoms with Crippen molar-refractivity contribution in [1.82, 2.24) is 9.29 Å². The third-order valence-corrected chi connectivity index (χ3v) is 7.35. The molecule has 0 unspecified atom stereocenters. The number of nitrogens with one attached hydrogen (secondary N) is 1. The number of carbonyl (C=O) groups excluding carboxylic acids is 1. The largest absolute Gasteiger partial charge is 0.302 e. The van der Waals surface area contributed by atoms with Crippen molar-refractivity contribution in [2.75, 3.05) is 24.7 Å². The Morgan fingerprint density at radius 2 is 2.12 bits per heavy atom. The Hall–Kier alpha value is -1.77. The SMILES string of the molecule is CS(=O)(=O)N1CCC[C@H](C(=O)Nc2nc3c(s2)CCc2ccccc2-3)C1. The van der Waals surface area contributed by atoms with Gasteiger partial charge >= 0.3 is 0 Å². The zero-order chi connectivity index (χ0) is 18.3. The van der Waals surface area contributed by atoms with Crippen molar-refractivity contribution in [2.24, 2.45) is 5.92 Å². The van der Waals surface area contributed by atoms with Crippen molar-refractivity contribution in [2.45, 2.75) is 25.7 Å². The second kappa shape index (κ2) is 6.75. The van der Waals surface area contributed by atoms with Crippen LogP contribution in [0.15, 0.2) is 24.3 Å². The van der Waals surface area contributed by atoms with Crippen LogP contribution in [0.1, 0.15) is 23.3 Å². The van der Waals surface area contributed by atoms with Gasteiger partial charge in [-0.1, -0.05) is 24.3 Å². The van der Waals surface area contributed by atoms with Crippen LogP contribution >= 0.6 is 11.3 Å². The van der Waals surface area contributed by atoms with E-state index in [1.54, 1.807) is 0 Å². The molecular weight excluding hydrogens is 370 g/mol. The second-order valence-electron chi connectivity index (χ2n) is 6.90. The highest BCUT2D eigenvalue weighted by Gasteiger charge is 2.31. The number of anilines is 1. The molecule has 4 rings (SSSR count). The quantitative estimate of drug-likeness (QED) is 0.872. The van der Waals surface area contributed by atoms with E-state index in [2.05, 4.69) is 22.4 Å². The summed E-state index contributed by atoms with van der Waals surface area (Å²) >= 11 is 1.52. The summed E-state index contributed by atoms with van der Waals surface area (Å²) in [6.07, 6.45) is 4.52. The number of carbonyl (C=O) groups is 1. The molecule has 0 spiro atoms. The molecule has 1 saturated heterocycles. The third-order valence-electron chi connectivity index (χ3n) is 5.05. The van der Waals surface area contributed by atoms with E-state index in [-0.39, 0.29) is 18.4 Å². The molecule has 1 aliphatic carbocycles. The zero-order valence-electron chi connectivity index (χ0n) is 14.6. The van der Waals surface area contributed by atoms with Gasteiger partial charge in [-0.2, -0.15) is 0 Å². The van der Waals surface area contributed by atoms with Crippen molar-refractivity contribution in [3.8, 4) is 11.3 Å². The molecular formula is C18H21N3O3S2. The summed E-state index contributed by atoms with van der Waals surface area (Å²) in [6, 6.07) is 8.24. The van der Waals surface area contributed by atoms with Gasteiger partial charge in [-0.25, -0.2) is 17.7 Å². The molecule has 1 fully saturated rings. The summed E-state index contributed by atoms with van der Waals surface area (Å²) in [5.74, 6) is -0.468. The van der Waals surface area contributed by atoms with E-state index in [0.717, 1.165) is 24.1 Å². The Labute approximate surface area is 157 Å². The Morgan fingerprint density at radius 3 is 2.92 bits per heavy atom. The Balaban J connectivity index is 1.51. The number of sulfonamides is 1. The number of aryl methyl sites for hydroxylation is 2. The lowest BCUT2D eigenvalue weighted by Crippen LogP contribution is -2.43. The summed E-state index contributed by atoms with van der Waals surface area (Å²) in [4.78, 5) is 18.5. The topological polar surface area (TPSA) is 79.4 Å². The van der Waals surface area contributed by atoms with Crippen molar-refractivity contribution < 1.29 is 13.2 Å².